The van der Waals surface area contributed by atoms with E-state index in [2.05, 4.69) is 10.6 Å². The molecular weight excluding hydrogens is 470 g/mol. The minimum atomic E-state index is -1.23. The zero-order valence-electron chi connectivity index (χ0n) is 19.5. The summed E-state index contributed by atoms with van der Waals surface area (Å²) in [6.07, 6.45) is -1.34. The molecule has 2 aromatic carbocycles. The van der Waals surface area contributed by atoms with Crippen LogP contribution in [-0.2, 0) is 41.9 Å². The number of hydrogen-bond acceptors (Lipinski definition) is 8. The monoisotopic (exact) mass is 497 g/mol. The number of amides is 4. The molecule has 1 unspecified atom stereocenters. The predicted octanol–water partition coefficient (Wildman–Crippen LogP) is 2.60. The lowest BCUT2D eigenvalue weighted by atomic mass is 10.1. The van der Waals surface area contributed by atoms with E-state index in [1.165, 1.54) is 0 Å². The Hall–Kier alpha value is -4.41. The second kappa shape index (κ2) is 13.5. The fraction of sp³-hybridized carbons (Fsp3) is 0.320. The number of imide groups is 1. The average molecular weight is 498 g/mol. The van der Waals surface area contributed by atoms with Crippen molar-refractivity contribution in [2.75, 3.05) is 6.54 Å². The Morgan fingerprint density at radius 2 is 1.33 bits per heavy atom. The van der Waals surface area contributed by atoms with Gasteiger partial charge in [0.1, 0.15) is 19.3 Å². The summed E-state index contributed by atoms with van der Waals surface area (Å²) in [7, 11) is 0. The molecule has 1 atom stereocenters. The van der Waals surface area contributed by atoms with Crippen LogP contribution in [0, 0.1) is 0 Å². The van der Waals surface area contributed by atoms with Crippen LogP contribution in [0.3, 0.4) is 0 Å². The van der Waals surface area contributed by atoms with Crippen molar-refractivity contribution in [1.29, 1.82) is 0 Å². The SMILES string of the molecule is O=C(NCCCC(NC(=O)OCc1ccccc1)C(=O)ON1C(=O)CCC1=O)OCc1ccccc1. The van der Waals surface area contributed by atoms with Crippen LogP contribution >= 0.6 is 0 Å². The van der Waals surface area contributed by atoms with Gasteiger partial charge in [0, 0.05) is 19.4 Å². The lowest BCUT2D eigenvalue weighted by Crippen LogP contribution is -2.45. The van der Waals surface area contributed by atoms with Crippen LogP contribution < -0.4 is 10.6 Å². The highest BCUT2D eigenvalue weighted by atomic mass is 16.7. The van der Waals surface area contributed by atoms with E-state index in [-0.39, 0.29) is 45.4 Å². The first-order valence-electron chi connectivity index (χ1n) is 11.4. The molecule has 1 aliphatic heterocycles. The number of hydroxylamine groups is 2. The Morgan fingerprint density at radius 1 is 0.806 bits per heavy atom. The van der Waals surface area contributed by atoms with E-state index in [1.54, 1.807) is 24.3 Å². The number of alkyl carbamates (subject to hydrolysis) is 2. The van der Waals surface area contributed by atoms with Gasteiger partial charge in [-0.25, -0.2) is 14.4 Å². The molecule has 11 heteroatoms. The molecule has 2 aromatic rings. The smallest absolute Gasteiger partial charge is 0.408 e. The van der Waals surface area contributed by atoms with Crippen molar-refractivity contribution >= 4 is 30.0 Å². The fourth-order valence-electron chi connectivity index (χ4n) is 3.24. The molecule has 0 aromatic heterocycles. The average Bonchev–Trinajstić information content (AvgIpc) is 3.21. The van der Waals surface area contributed by atoms with E-state index in [1.807, 2.05) is 36.4 Å². The molecule has 190 valence electrons. The lowest BCUT2D eigenvalue weighted by Gasteiger charge is -2.20. The number of ether oxygens (including phenoxy) is 2. The number of nitrogens with zero attached hydrogens (tertiary/aromatic N) is 1. The summed E-state index contributed by atoms with van der Waals surface area (Å²) >= 11 is 0. The van der Waals surface area contributed by atoms with E-state index < -0.39 is 36.0 Å². The molecule has 36 heavy (non-hydrogen) atoms. The van der Waals surface area contributed by atoms with Crippen molar-refractivity contribution in [2.45, 2.75) is 44.9 Å². The molecule has 1 heterocycles. The van der Waals surface area contributed by atoms with Gasteiger partial charge >= 0.3 is 18.2 Å². The fourth-order valence-corrected chi connectivity index (χ4v) is 3.24. The molecular formula is C25H27N3O8. The van der Waals surface area contributed by atoms with Gasteiger partial charge < -0.3 is 24.9 Å². The quantitative estimate of drug-likeness (QED) is 0.357. The largest absolute Gasteiger partial charge is 0.445 e. The molecule has 0 aliphatic carbocycles. The summed E-state index contributed by atoms with van der Waals surface area (Å²) in [5, 5.41) is 5.36. The number of nitrogens with one attached hydrogen (secondary N) is 2. The molecule has 1 fully saturated rings. The summed E-state index contributed by atoms with van der Waals surface area (Å²) in [6.45, 7) is 0.223. The Labute approximate surface area is 207 Å². The minimum absolute atomic E-state index is 0.0215. The Balaban J connectivity index is 1.48. The zero-order chi connectivity index (χ0) is 25.8. The summed E-state index contributed by atoms with van der Waals surface area (Å²) in [4.78, 5) is 65.3. The van der Waals surface area contributed by atoms with Crippen molar-refractivity contribution in [3.8, 4) is 0 Å². The van der Waals surface area contributed by atoms with Gasteiger partial charge in [0.05, 0.1) is 0 Å². The highest BCUT2D eigenvalue weighted by Crippen LogP contribution is 2.14. The van der Waals surface area contributed by atoms with Gasteiger partial charge in [-0.1, -0.05) is 60.7 Å². The van der Waals surface area contributed by atoms with E-state index in [9.17, 15) is 24.0 Å². The Kier molecular flexibility index (Phi) is 9.80. The first-order valence-corrected chi connectivity index (χ1v) is 11.4. The molecule has 11 nitrogen and oxygen atoms in total. The van der Waals surface area contributed by atoms with Crippen molar-refractivity contribution in [3.05, 3.63) is 71.8 Å². The summed E-state index contributed by atoms with van der Waals surface area (Å²) in [6, 6.07) is 16.9. The van der Waals surface area contributed by atoms with Gasteiger partial charge in [-0.3, -0.25) is 9.59 Å². The summed E-state index contributed by atoms with van der Waals surface area (Å²) in [5.41, 5.74) is 1.58. The van der Waals surface area contributed by atoms with Crippen molar-refractivity contribution < 1.29 is 38.3 Å². The summed E-state index contributed by atoms with van der Waals surface area (Å²) in [5.74, 6) is -2.27. The van der Waals surface area contributed by atoms with Crippen molar-refractivity contribution in [2.24, 2.45) is 0 Å². The van der Waals surface area contributed by atoms with Gasteiger partial charge in [0.25, 0.3) is 11.8 Å². The number of benzene rings is 2. The number of rotatable bonds is 11. The van der Waals surface area contributed by atoms with Crippen molar-refractivity contribution in [3.63, 3.8) is 0 Å². The highest BCUT2D eigenvalue weighted by molar-refractivity contribution is 6.01. The molecule has 0 bridgehead atoms. The maximum Gasteiger partial charge on any atom is 0.408 e. The normalized spacial score (nSPS) is 13.6. The topological polar surface area (TPSA) is 140 Å². The maximum atomic E-state index is 12.6. The second-order valence-corrected chi connectivity index (χ2v) is 7.88. The van der Waals surface area contributed by atoms with Gasteiger partial charge in [0.2, 0.25) is 0 Å². The van der Waals surface area contributed by atoms with Gasteiger partial charge in [-0.2, -0.15) is 0 Å². The lowest BCUT2D eigenvalue weighted by molar-refractivity contribution is -0.199. The number of hydrogen-bond donors (Lipinski definition) is 2. The molecule has 1 saturated heterocycles. The first-order chi connectivity index (χ1) is 17.4. The van der Waals surface area contributed by atoms with Crippen molar-refractivity contribution in [1.82, 2.24) is 15.7 Å². The zero-order valence-corrected chi connectivity index (χ0v) is 19.5. The molecule has 2 N–H and O–H groups in total. The van der Waals surface area contributed by atoms with Gasteiger partial charge in [0.15, 0.2) is 0 Å². The third kappa shape index (κ3) is 8.42. The van der Waals surface area contributed by atoms with E-state index in [4.69, 9.17) is 14.3 Å². The maximum absolute atomic E-state index is 12.6. The van der Waals surface area contributed by atoms with E-state index in [0.29, 0.717) is 5.06 Å². The van der Waals surface area contributed by atoms with Crippen LogP contribution in [0.1, 0.15) is 36.8 Å². The molecule has 3 rings (SSSR count). The molecule has 4 amide bonds. The Morgan fingerprint density at radius 3 is 1.89 bits per heavy atom. The molecule has 1 aliphatic rings. The van der Waals surface area contributed by atoms with Crippen LogP contribution in [0.5, 0.6) is 0 Å². The van der Waals surface area contributed by atoms with Crippen LogP contribution in [0.4, 0.5) is 9.59 Å². The van der Waals surface area contributed by atoms with E-state index in [0.717, 1.165) is 11.1 Å². The van der Waals surface area contributed by atoms with Gasteiger partial charge in [-0.15, -0.1) is 5.06 Å². The second-order valence-electron chi connectivity index (χ2n) is 7.88. The standard InChI is InChI=1S/C25H27N3O8/c29-21-13-14-22(30)28(21)36-23(31)20(27-25(33)35-17-19-10-5-2-6-11-19)12-7-15-26-24(32)34-16-18-8-3-1-4-9-18/h1-6,8-11,20H,7,12-17H2,(H,26,32)(H,27,33). The minimum Gasteiger partial charge on any atom is -0.445 e. The predicted molar refractivity (Wildman–Crippen MR) is 125 cm³/mol. The molecule has 0 saturated carbocycles. The van der Waals surface area contributed by atoms with Crippen LogP contribution in [0.2, 0.25) is 0 Å². The number of carbonyl (C=O) groups is 5. The van der Waals surface area contributed by atoms with E-state index >= 15 is 0 Å². The first kappa shape index (κ1) is 26.2. The van der Waals surface area contributed by atoms with Crippen LogP contribution in [0.25, 0.3) is 0 Å². The molecule has 0 spiro atoms. The van der Waals surface area contributed by atoms with Gasteiger partial charge in [-0.05, 0) is 24.0 Å². The molecule has 0 radical (unpaired) electrons. The highest BCUT2D eigenvalue weighted by Gasteiger charge is 2.35. The third-order valence-corrected chi connectivity index (χ3v) is 5.13. The van der Waals surface area contributed by atoms with Crippen LogP contribution in [-0.4, -0.2) is 47.6 Å². The third-order valence-electron chi connectivity index (χ3n) is 5.13. The number of carbonyl (C=O) groups excluding carboxylic acids is 5. The Bertz CT molecular complexity index is 1050. The van der Waals surface area contributed by atoms with Crippen LogP contribution in [0.15, 0.2) is 60.7 Å². The summed E-state index contributed by atoms with van der Waals surface area (Å²) < 4.78 is 10.3.